The van der Waals surface area contributed by atoms with Crippen molar-refractivity contribution in [3.63, 3.8) is 0 Å². The highest BCUT2D eigenvalue weighted by Crippen LogP contribution is 2.67. The minimum atomic E-state index is -0.509. The van der Waals surface area contributed by atoms with E-state index in [9.17, 15) is 19.2 Å². The number of ether oxygens (including phenoxy) is 4. The van der Waals surface area contributed by atoms with Crippen molar-refractivity contribution in [3.05, 3.63) is 104 Å². The summed E-state index contributed by atoms with van der Waals surface area (Å²) >= 11 is 29.4. The lowest BCUT2D eigenvalue weighted by molar-refractivity contribution is 0.0503. The molecule has 0 amide bonds. The predicted molar refractivity (Wildman–Crippen MR) is 317 cm³/mol. The molecule has 0 saturated heterocycles. The van der Waals surface area contributed by atoms with E-state index in [1.165, 1.54) is 63.0 Å². The second-order valence-corrected chi connectivity index (χ2v) is 31.5. The van der Waals surface area contributed by atoms with Gasteiger partial charge in [-0.15, -0.1) is 94.1 Å². The third kappa shape index (κ3) is 13.6. The predicted octanol–water partition coefficient (Wildman–Crippen LogP) is 12.3. The Morgan fingerprint density at radius 2 is 0.606 bits per heavy atom. The lowest BCUT2D eigenvalue weighted by atomic mass is 10.1. The Hall–Kier alpha value is 1.38. The van der Waals surface area contributed by atoms with Crippen molar-refractivity contribution in [1.29, 1.82) is 0 Å². The van der Waals surface area contributed by atoms with Gasteiger partial charge in [-0.2, -0.15) is 0 Å². The van der Waals surface area contributed by atoms with Crippen molar-refractivity contribution in [2.75, 3.05) is 102 Å². The Morgan fingerprint density at radius 3 is 0.879 bits per heavy atom. The molecule has 0 spiro atoms. The molecule has 0 unspecified atom stereocenters. The first kappa shape index (κ1) is 55.1. The van der Waals surface area contributed by atoms with Crippen molar-refractivity contribution < 1.29 is 18.9 Å². The highest BCUT2D eigenvalue weighted by atomic mass is 32.3. The quantitative estimate of drug-likeness (QED) is 0.0709. The lowest BCUT2D eigenvalue weighted by Crippen LogP contribution is -2.28. The maximum absolute atomic E-state index is 13.3. The number of hydrogen-bond donors (Lipinski definition) is 0. The molecule has 66 heavy (non-hydrogen) atoms. The van der Waals surface area contributed by atoms with Crippen LogP contribution in [0.2, 0.25) is 0 Å². The molecule has 26 heteroatoms. The number of rotatable bonds is 26. The van der Waals surface area contributed by atoms with Crippen LogP contribution in [0.5, 0.6) is 0 Å². The average Bonchev–Trinajstić information content (AvgIpc) is 4.19. The molecule has 3 aromatic rings. The molecule has 7 rings (SSSR count). The summed E-state index contributed by atoms with van der Waals surface area (Å²) in [7, 11) is 0. The van der Waals surface area contributed by atoms with Gasteiger partial charge in [0.25, 0.3) is 22.2 Å². The molecule has 4 aliphatic rings. The molecule has 0 atom stereocenters. The minimum Gasteiger partial charge on any atom is -0.378 e. The standard InChI is InChI=1S/C40H44N2O8S16/c1-51-29-30(52-2)60-37(59-29)39-63-33(55-5)35(65-39)57-17-15-49-13-11-47-9-7-41-25(43)21-19-23-24(20-22(21)26(41)44)28(46)42(27(23)45)8-10-48-12-14-50-16-18-58-36-34(56-6)64-40(66-36)38-61-31(53-3)32(54-4)62-38/h19-20H,7-18H2,1-6H3. The Balaban J connectivity index is 0.787. The van der Waals surface area contributed by atoms with Crippen molar-refractivity contribution in [1.82, 2.24) is 9.13 Å². The average molecular weight is 1190 g/mol. The van der Waals surface area contributed by atoms with Gasteiger partial charge in [0.1, 0.15) is 0 Å². The largest absolute Gasteiger partial charge is 0.378 e. The van der Waals surface area contributed by atoms with Crippen molar-refractivity contribution >= 4 is 210 Å². The van der Waals surface area contributed by atoms with E-state index in [4.69, 9.17) is 18.9 Å². The molecule has 6 heterocycles. The van der Waals surface area contributed by atoms with Crippen LogP contribution in [0.4, 0.5) is 0 Å². The van der Waals surface area contributed by atoms with E-state index >= 15 is 0 Å². The molecule has 0 saturated carbocycles. The zero-order valence-electron chi connectivity index (χ0n) is 36.3. The Bertz CT molecular complexity index is 2410. The van der Waals surface area contributed by atoms with E-state index in [2.05, 4.69) is 37.5 Å². The van der Waals surface area contributed by atoms with Gasteiger partial charge in [0.2, 0.25) is 0 Å². The van der Waals surface area contributed by atoms with E-state index in [0.29, 0.717) is 39.6 Å². The van der Waals surface area contributed by atoms with Gasteiger partial charge in [-0.1, -0.05) is 94.1 Å². The summed E-state index contributed by atoms with van der Waals surface area (Å²) in [5.74, 6) is 1.64. The molecule has 2 aromatic heterocycles. The number of thioether (sulfide) groups is 16. The van der Waals surface area contributed by atoms with Crippen LogP contribution in [0.1, 0.15) is 0 Å². The summed E-state index contributed by atoms with van der Waals surface area (Å²) in [6.45, 7) is 2.93. The summed E-state index contributed by atoms with van der Waals surface area (Å²) in [5, 5.41) is 0.464. The number of hydrogen-bond acceptors (Lipinski definition) is 24. The van der Waals surface area contributed by atoms with Gasteiger partial charge >= 0.3 is 0 Å². The van der Waals surface area contributed by atoms with Crippen LogP contribution < -0.4 is 22.2 Å². The first-order valence-electron chi connectivity index (χ1n) is 19.7. The number of fused-ring (bicyclic) bond motifs is 2. The van der Waals surface area contributed by atoms with E-state index in [1.54, 1.807) is 23.5 Å². The number of nitrogens with zero attached hydrogens (tertiary/aromatic N) is 2. The number of aromatic nitrogens is 2. The minimum absolute atomic E-state index is 0.0474. The highest BCUT2D eigenvalue weighted by Gasteiger charge is 2.31. The van der Waals surface area contributed by atoms with E-state index in [1.807, 2.05) is 165 Å². The molecule has 0 aliphatic carbocycles. The van der Waals surface area contributed by atoms with E-state index in [0.717, 1.165) is 20.6 Å². The van der Waals surface area contributed by atoms with E-state index in [-0.39, 0.29) is 47.8 Å². The fourth-order valence-electron chi connectivity index (χ4n) is 6.17. The van der Waals surface area contributed by atoms with Crippen LogP contribution in [0.15, 0.2) is 82.2 Å². The zero-order valence-corrected chi connectivity index (χ0v) is 49.4. The van der Waals surface area contributed by atoms with Crippen LogP contribution in [-0.4, -0.2) is 111 Å². The Morgan fingerprint density at radius 1 is 0.364 bits per heavy atom. The second-order valence-electron chi connectivity index (χ2n) is 13.1. The molecule has 0 radical (unpaired) electrons. The van der Waals surface area contributed by atoms with Gasteiger partial charge in [0.05, 0.1) is 138 Å². The van der Waals surface area contributed by atoms with Gasteiger partial charge in [-0.25, -0.2) is 0 Å². The lowest BCUT2D eigenvalue weighted by Gasteiger charge is -2.07. The van der Waals surface area contributed by atoms with Crippen molar-refractivity contribution in [2.45, 2.75) is 13.1 Å². The first-order chi connectivity index (χ1) is 32.1. The molecule has 10 nitrogen and oxygen atoms in total. The molecule has 0 fully saturated rings. The van der Waals surface area contributed by atoms with Gasteiger partial charge in [-0.05, 0) is 49.7 Å². The topological polar surface area (TPSA) is 115 Å². The van der Waals surface area contributed by atoms with Gasteiger partial charge in [0, 0.05) is 11.5 Å². The summed E-state index contributed by atoms with van der Waals surface area (Å²) in [5.41, 5.74) is -2.04. The van der Waals surface area contributed by atoms with Crippen LogP contribution in [-0.2, 0) is 32.0 Å². The Labute approximate surface area is 451 Å². The summed E-state index contributed by atoms with van der Waals surface area (Å²) in [4.78, 5) is 53.2. The fourth-order valence-corrected chi connectivity index (χ4v) is 27.5. The normalized spacial score (nSPS) is 17.2. The molecular weight excluding hydrogens is 1150 g/mol. The summed E-state index contributed by atoms with van der Waals surface area (Å²) in [6.07, 6.45) is 12.8. The third-order valence-corrected chi connectivity index (χ3v) is 31.4. The zero-order chi connectivity index (χ0) is 46.7. The monoisotopic (exact) mass is 1190 g/mol. The first-order valence-corrected chi connectivity index (χ1v) is 35.6. The van der Waals surface area contributed by atoms with Crippen LogP contribution in [0, 0.1) is 0 Å². The highest BCUT2D eigenvalue weighted by molar-refractivity contribution is 8.46. The van der Waals surface area contributed by atoms with Crippen LogP contribution in [0.25, 0.3) is 21.5 Å². The fraction of sp³-hybridized carbons (Fsp3) is 0.450. The third-order valence-electron chi connectivity index (χ3n) is 9.24. The van der Waals surface area contributed by atoms with Crippen LogP contribution >= 0.6 is 188 Å². The number of benzene rings is 1. The maximum atomic E-state index is 13.3. The molecule has 0 N–H and O–H groups in total. The molecular formula is C40H44N2O8S16. The van der Waals surface area contributed by atoms with Crippen molar-refractivity contribution in [3.8, 4) is 0 Å². The van der Waals surface area contributed by atoms with E-state index < -0.39 is 22.2 Å². The van der Waals surface area contributed by atoms with Gasteiger partial charge in [0.15, 0.2) is 0 Å². The molecule has 0 bridgehead atoms. The van der Waals surface area contributed by atoms with Gasteiger partial charge < -0.3 is 18.9 Å². The molecule has 4 aliphatic heterocycles. The molecule has 358 valence electrons. The SMILES string of the molecule is CSC1=C(SC)SC(=C2SC(SC)=C(SCCOCCOCCn3c(=O)c4cc5c(=O)n(CCOCCOCCSC6=C(SC)SC(=C7SC(SC)=C(SC)S7)S6)c(=O)c5cc4c3=O)S2)S1. The smallest absolute Gasteiger partial charge is 0.261 e. The summed E-state index contributed by atoms with van der Waals surface area (Å²) in [6, 6.07) is 2.75. The maximum Gasteiger partial charge on any atom is 0.261 e. The van der Waals surface area contributed by atoms with Crippen LogP contribution in [0.3, 0.4) is 0 Å². The van der Waals surface area contributed by atoms with Gasteiger partial charge in [-0.3, -0.25) is 28.3 Å². The molecule has 1 aromatic carbocycles. The Kier molecular flexibility index (Phi) is 23.1. The second kappa shape index (κ2) is 27.6. The van der Waals surface area contributed by atoms with Crippen molar-refractivity contribution in [2.24, 2.45) is 0 Å². The summed E-state index contributed by atoms with van der Waals surface area (Å²) < 4.78 is 41.5.